The van der Waals surface area contributed by atoms with Crippen molar-refractivity contribution in [2.45, 2.75) is 19.9 Å². The highest BCUT2D eigenvalue weighted by atomic mass is 32.1. The van der Waals surface area contributed by atoms with E-state index in [4.69, 9.17) is 4.74 Å². The molecule has 0 saturated heterocycles. The molecular weight excluding hydrogens is 400 g/mol. The van der Waals surface area contributed by atoms with E-state index in [1.54, 1.807) is 12.1 Å². The van der Waals surface area contributed by atoms with E-state index in [0.29, 0.717) is 23.4 Å². The highest BCUT2D eigenvalue weighted by molar-refractivity contribution is 7.17. The van der Waals surface area contributed by atoms with Gasteiger partial charge in [0.2, 0.25) is 0 Å². The van der Waals surface area contributed by atoms with Gasteiger partial charge in [-0.1, -0.05) is 43.3 Å². The number of nitrogens with zero attached hydrogens (tertiary/aromatic N) is 2. The number of ether oxygens (including phenoxy) is 1. The maximum Gasteiger partial charge on any atom is 0.263 e. The molecule has 0 fully saturated rings. The molecule has 0 aliphatic rings. The fourth-order valence-corrected chi connectivity index (χ4v) is 4.09. The first kappa shape index (κ1) is 19.8. The molecule has 0 bridgehead atoms. The quantitative estimate of drug-likeness (QED) is 0.459. The standard InChI is InChI=1S/C23H20N2O4S/c1-2-11-29-18-9-7-16(8-10-18)19-13-30-21-20(19)22(26)25(14-24-21)12-15-3-5-17(6-4-15)23(27)28/h3-10,13-14H,2,11-12H2,1H3,(H,27,28)/p-1. The third kappa shape index (κ3) is 3.97. The second-order valence-electron chi connectivity index (χ2n) is 6.86. The van der Waals surface area contributed by atoms with Crippen molar-refractivity contribution < 1.29 is 14.6 Å². The lowest BCUT2D eigenvalue weighted by Gasteiger charge is -2.08. The van der Waals surface area contributed by atoms with Gasteiger partial charge in [0, 0.05) is 10.9 Å². The van der Waals surface area contributed by atoms with Crippen LogP contribution in [0.3, 0.4) is 0 Å². The first-order valence-corrected chi connectivity index (χ1v) is 10.4. The molecule has 0 aliphatic heterocycles. The Morgan fingerprint density at radius 1 is 1.13 bits per heavy atom. The molecule has 152 valence electrons. The average Bonchev–Trinajstić information content (AvgIpc) is 3.20. The summed E-state index contributed by atoms with van der Waals surface area (Å²) in [5, 5.41) is 13.4. The Hall–Kier alpha value is -3.45. The molecule has 0 amide bonds. The van der Waals surface area contributed by atoms with Crippen LogP contribution in [-0.2, 0) is 6.54 Å². The van der Waals surface area contributed by atoms with Gasteiger partial charge in [-0.25, -0.2) is 4.98 Å². The zero-order valence-electron chi connectivity index (χ0n) is 16.3. The number of rotatable bonds is 7. The number of carbonyl (C=O) groups excluding carboxylic acids is 1. The van der Waals surface area contributed by atoms with Crippen LogP contribution in [0.1, 0.15) is 29.3 Å². The van der Waals surface area contributed by atoms with Gasteiger partial charge in [-0.05, 0) is 35.2 Å². The van der Waals surface area contributed by atoms with Gasteiger partial charge in [-0.2, -0.15) is 0 Å². The first-order chi connectivity index (χ1) is 14.6. The van der Waals surface area contributed by atoms with E-state index in [1.165, 1.54) is 34.4 Å². The Balaban J connectivity index is 1.67. The molecular formula is C23H19N2O4S-. The topological polar surface area (TPSA) is 84.2 Å². The van der Waals surface area contributed by atoms with Crippen LogP contribution in [0.25, 0.3) is 21.3 Å². The van der Waals surface area contributed by atoms with Crippen molar-refractivity contribution in [3.8, 4) is 16.9 Å². The molecule has 2 heterocycles. The zero-order chi connectivity index (χ0) is 21.1. The summed E-state index contributed by atoms with van der Waals surface area (Å²) in [5.41, 5.74) is 2.55. The van der Waals surface area contributed by atoms with Gasteiger partial charge in [-0.15, -0.1) is 11.3 Å². The van der Waals surface area contributed by atoms with Crippen LogP contribution in [0.5, 0.6) is 5.75 Å². The molecule has 6 nitrogen and oxygen atoms in total. The summed E-state index contributed by atoms with van der Waals surface area (Å²) >= 11 is 1.43. The van der Waals surface area contributed by atoms with Crippen LogP contribution >= 0.6 is 11.3 Å². The summed E-state index contributed by atoms with van der Waals surface area (Å²) < 4.78 is 7.16. The minimum atomic E-state index is -1.23. The number of benzene rings is 2. The predicted octanol–water partition coefficient (Wildman–Crippen LogP) is 3.33. The van der Waals surface area contributed by atoms with Gasteiger partial charge in [0.1, 0.15) is 10.6 Å². The number of hydrogen-bond acceptors (Lipinski definition) is 6. The summed E-state index contributed by atoms with van der Waals surface area (Å²) in [4.78, 5) is 29.2. The summed E-state index contributed by atoms with van der Waals surface area (Å²) in [5.74, 6) is -0.425. The molecule has 2 aromatic heterocycles. The molecule has 0 aliphatic carbocycles. The number of aromatic carboxylic acids is 1. The lowest BCUT2D eigenvalue weighted by Crippen LogP contribution is -2.22. The summed E-state index contributed by atoms with van der Waals surface area (Å²) in [6.45, 7) is 3.02. The lowest BCUT2D eigenvalue weighted by atomic mass is 10.1. The molecule has 7 heteroatoms. The number of aromatic nitrogens is 2. The number of thiophene rings is 1. The first-order valence-electron chi connectivity index (χ1n) is 9.57. The molecule has 0 unspecified atom stereocenters. The number of fused-ring (bicyclic) bond motifs is 1. The van der Waals surface area contributed by atoms with Crippen LogP contribution < -0.4 is 15.4 Å². The van der Waals surface area contributed by atoms with Crippen LogP contribution in [-0.4, -0.2) is 22.1 Å². The largest absolute Gasteiger partial charge is 0.545 e. The van der Waals surface area contributed by atoms with Crippen molar-refractivity contribution in [3.05, 3.63) is 81.7 Å². The van der Waals surface area contributed by atoms with Gasteiger partial charge in [-0.3, -0.25) is 9.36 Å². The summed E-state index contributed by atoms with van der Waals surface area (Å²) in [6.07, 6.45) is 2.47. The van der Waals surface area contributed by atoms with Crippen molar-refractivity contribution in [2.75, 3.05) is 6.61 Å². The molecule has 0 radical (unpaired) electrons. The van der Waals surface area contributed by atoms with Crippen LogP contribution in [0.4, 0.5) is 0 Å². The maximum atomic E-state index is 13.2. The Labute approximate surface area is 177 Å². The Kier molecular flexibility index (Phi) is 5.63. The van der Waals surface area contributed by atoms with E-state index < -0.39 is 5.97 Å². The lowest BCUT2D eigenvalue weighted by molar-refractivity contribution is -0.255. The maximum absolute atomic E-state index is 13.2. The zero-order valence-corrected chi connectivity index (χ0v) is 17.1. The van der Waals surface area contributed by atoms with E-state index in [0.717, 1.165) is 28.9 Å². The molecule has 0 saturated carbocycles. The van der Waals surface area contributed by atoms with E-state index >= 15 is 0 Å². The third-order valence-electron chi connectivity index (χ3n) is 4.74. The van der Waals surface area contributed by atoms with Crippen molar-refractivity contribution >= 4 is 27.5 Å². The average molecular weight is 419 g/mol. The monoisotopic (exact) mass is 419 g/mol. The van der Waals surface area contributed by atoms with E-state index in [-0.39, 0.29) is 11.1 Å². The fraction of sp³-hybridized carbons (Fsp3) is 0.174. The number of carbonyl (C=O) groups is 1. The second kappa shape index (κ2) is 8.51. The predicted molar refractivity (Wildman–Crippen MR) is 115 cm³/mol. The summed E-state index contributed by atoms with van der Waals surface area (Å²) in [7, 11) is 0. The SMILES string of the molecule is CCCOc1ccc(-c2csc3ncn(Cc4ccc(C(=O)[O-])cc4)c(=O)c23)cc1. The summed E-state index contributed by atoms with van der Waals surface area (Å²) in [6, 6.07) is 14.0. The molecule has 0 N–H and O–H groups in total. The molecule has 4 rings (SSSR count). The third-order valence-corrected chi connectivity index (χ3v) is 5.63. The number of carboxylic acids is 1. The Bertz CT molecular complexity index is 1240. The van der Waals surface area contributed by atoms with Crippen molar-refractivity contribution in [1.29, 1.82) is 0 Å². The molecule has 2 aromatic carbocycles. The minimum absolute atomic E-state index is 0.103. The fourth-order valence-electron chi connectivity index (χ4n) is 3.19. The van der Waals surface area contributed by atoms with Crippen molar-refractivity contribution in [1.82, 2.24) is 9.55 Å². The normalized spacial score (nSPS) is 11.0. The molecule has 30 heavy (non-hydrogen) atoms. The van der Waals surface area contributed by atoms with Crippen molar-refractivity contribution in [3.63, 3.8) is 0 Å². The van der Waals surface area contributed by atoms with Crippen LogP contribution in [0.15, 0.2) is 65.0 Å². The van der Waals surface area contributed by atoms with Gasteiger partial charge in [0.05, 0.1) is 30.8 Å². The van der Waals surface area contributed by atoms with Gasteiger partial charge < -0.3 is 14.6 Å². The minimum Gasteiger partial charge on any atom is -0.545 e. The van der Waals surface area contributed by atoms with Crippen LogP contribution in [0, 0.1) is 0 Å². The van der Waals surface area contributed by atoms with Gasteiger partial charge in [0.25, 0.3) is 5.56 Å². The van der Waals surface area contributed by atoms with Gasteiger partial charge in [0.15, 0.2) is 0 Å². The Morgan fingerprint density at radius 2 is 1.87 bits per heavy atom. The number of hydrogen-bond donors (Lipinski definition) is 0. The molecule has 0 atom stereocenters. The smallest absolute Gasteiger partial charge is 0.263 e. The highest BCUT2D eigenvalue weighted by Gasteiger charge is 2.14. The second-order valence-corrected chi connectivity index (χ2v) is 7.72. The number of carboxylic acid groups (broad SMARTS) is 1. The van der Waals surface area contributed by atoms with E-state index in [1.807, 2.05) is 29.6 Å². The Morgan fingerprint density at radius 3 is 2.53 bits per heavy atom. The highest BCUT2D eigenvalue weighted by Crippen LogP contribution is 2.31. The van der Waals surface area contributed by atoms with Crippen LogP contribution in [0.2, 0.25) is 0 Å². The van der Waals surface area contributed by atoms with E-state index in [2.05, 4.69) is 11.9 Å². The van der Waals surface area contributed by atoms with E-state index in [9.17, 15) is 14.7 Å². The van der Waals surface area contributed by atoms with Gasteiger partial charge >= 0.3 is 0 Å². The molecule has 4 aromatic rings. The van der Waals surface area contributed by atoms with Crippen molar-refractivity contribution in [2.24, 2.45) is 0 Å². The molecule has 0 spiro atoms.